The highest BCUT2D eigenvalue weighted by molar-refractivity contribution is 14.0. The Morgan fingerprint density at radius 1 is 1.00 bits per heavy atom. The van der Waals surface area contributed by atoms with Crippen LogP contribution in [-0.2, 0) is 16.0 Å². The van der Waals surface area contributed by atoms with Crippen molar-refractivity contribution in [3.05, 3.63) is 54.0 Å². The van der Waals surface area contributed by atoms with Crippen LogP contribution in [0, 0.1) is 5.82 Å². The zero-order valence-corrected chi connectivity index (χ0v) is 20.4. The third-order valence-corrected chi connectivity index (χ3v) is 4.07. The fourth-order valence-corrected chi connectivity index (χ4v) is 2.42. The Morgan fingerprint density at radius 3 is 2.39 bits per heavy atom. The molecule has 2 N–H and O–H groups in total. The van der Waals surface area contributed by atoms with Gasteiger partial charge in [-0.1, -0.05) is 19.4 Å². The van der Waals surface area contributed by atoms with Gasteiger partial charge in [-0.25, -0.2) is 9.37 Å². The molecule has 0 saturated carbocycles. The summed E-state index contributed by atoms with van der Waals surface area (Å²) < 4.78 is 29.5. The Morgan fingerprint density at radius 2 is 1.74 bits per heavy atom. The zero-order valence-electron chi connectivity index (χ0n) is 18.1. The van der Waals surface area contributed by atoms with Crippen LogP contribution in [0.25, 0.3) is 0 Å². The number of aliphatic imine (C=N–C) groups is 1. The van der Waals surface area contributed by atoms with E-state index in [2.05, 4.69) is 27.5 Å². The Hall–Kier alpha value is -1.98. The van der Waals surface area contributed by atoms with Crippen molar-refractivity contribution < 1.29 is 18.6 Å². The minimum absolute atomic E-state index is 0. The summed E-state index contributed by atoms with van der Waals surface area (Å²) in [5.41, 5.74) is 0.977. The number of ether oxygens (including phenoxy) is 3. The minimum atomic E-state index is -0.304. The molecule has 2 aromatic rings. The number of aromatic nitrogens is 1. The van der Waals surface area contributed by atoms with Gasteiger partial charge in [0.2, 0.25) is 5.88 Å². The predicted octanol–water partition coefficient (Wildman–Crippen LogP) is 4.13. The van der Waals surface area contributed by atoms with E-state index in [0.29, 0.717) is 50.5 Å². The first-order valence-electron chi connectivity index (χ1n) is 10.2. The topological polar surface area (TPSA) is 77.0 Å². The van der Waals surface area contributed by atoms with Crippen molar-refractivity contribution in [1.82, 2.24) is 15.6 Å². The third kappa shape index (κ3) is 11.8. The number of nitrogens with zero attached hydrogens (tertiary/aromatic N) is 2. The third-order valence-electron chi connectivity index (χ3n) is 4.07. The van der Waals surface area contributed by atoms with Crippen molar-refractivity contribution in [1.29, 1.82) is 0 Å². The van der Waals surface area contributed by atoms with E-state index < -0.39 is 0 Å². The molecule has 0 aliphatic rings. The van der Waals surface area contributed by atoms with Gasteiger partial charge in [-0.05, 0) is 36.2 Å². The first-order chi connectivity index (χ1) is 14.7. The largest absolute Gasteiger partial charge is 0.439 e. The molecule has 1 heterocycles. The van der Waals surface area contributed by atoms with Crippen molar-refractivity contribution in [3.63, 3.8) is 0 Å². The summed E-state index contributed by atoms with van der Waals surface area (Å²) in [6, 6.07) is 9.49. The van der Waals surface area contributed by atoms with Gasteiger partial charge in [0.25, 0.3) is 0 Å². The average Bonchev–Trinajstić information content (AvgIpc) is 2.77. The van der Waals surface area contributed by atoms with Gasteiger partial charge < -0.3 is 24.8 Å². The number of rotatable bonds is 13. The molecule has 0 bridgehead atoms. The van der Waals surface area contributed by atoms with Crippen LogP contribution in [0.15, 0.2) is 47.6 Å². The quantitative estimate of drug-likeness (QED) is 0.170. The lowest BCUT2D eigenvalue weighted by molar-refractivity contribution is 0.0487. The molecule has 0 spiro atoms. The summed E-state index contributed by atoms with van der Waals surface area (Å²) in [6.45, 7) is 5.95. The van der Waals surface area contributed by atoms with E-state index in [1.807, 2.05) is 6.07 Å². The summed E-state index contributed by atoms with van der Waals surface area (Å²) in [5, 5.41) is 6.42. The van der Waals surface area contributed by atoms with Crippen molar-refractivity contribution in [2.75, 3.05) is 40.0 Å². The van der Waals surface area contributed by atoms with Crippen LogP contribution in [-0.4, -0.2) is 51.0 Å². The SMILES string of the molecule is CCCCOCCOCCNC(=NC)NCc1ccc(Oc2ccc(F)cc2)nc1.I. The number of hydrogen-bond donors (Lipinski definition) is 2. The molecular formula is C22H32FIN4O3. The van der Waals surface area contributed by atoms with E-state index in [1.54, 1.807) is 31.4 Å². The summed E-state index contributed by atoms with van der Waals surface area (Å²) in [6.07, 6.45) is 3.95. The van der Waals surface area contributed by atoms with Gasteiger partial charge in [0.05, 0.1) is 19.8 Å². The van der Waals surface area contributed by atoms with Crippen molar-refractivity contribution in [2.24, 2.45) is 4.99 Å². The Labute approximate surface area is 200 Å². The van der Waals surface area contributed by atoms with Gasteiger partial charge >= 0.3 is 0 Å². The molecule has 7 nitrogen and oxygen atoms in total. The van der Waals surface area contributed by atoms with Crippen LogP contribution in [0.3, 0.4) is 0 Å². The maximum absolute atomic E-state index is 12.9. The van der Waals surface area contributed by atoms with Crippen LogP contribution in [0.5, 0.6) is 11.6 Å². The molecule has 0 radical (unpaired) electrons. The fraction of sp³-hybridized carbons (Fsp3) is 0.455. The predicted molar refractivity (Wildman–Crippen MR) is 131 cm³/mol. The molecule has 0 fully saturated rings. The molecule has 0 atom stereocenters. The summed E-state index contributed by atoms with van der Waals surface area (Å²) >= 11 is 0. The summed E-state index contributed by atoms with van der Waals surface area (Å²) in [4.78, 5) is 8.46. The molecule has 0 saturated heterocycles. The molecule has 31 heavy (non-hydrogen) atoms. The molecule has 172 valence electrons. The van der Waals surface area contributed by atoms with E-state index in [4.69, 9.17) is 14.2 Å². The molecule has 0 aliphatic heterocycles. The molecule has 9 heteroatoms. The van der Waals surface area contributed by atoms with Gasteiger partial charge in [0, 0.05) is 39.0 Å². The molecule has 2 rings (SSSR count). The molecule has 0 unspecified atom stereocenters. The monoisotopic (exact) mass is 546 g/mol. The molecule has 0 aliphatic carbocycles. The lowest BCUT2D eigenvalue weighted by Gasteiger charge is -2.12. The summed E-state index contributed by atoms with van der Waals surface area (Å²) in [7, 11) is 1.72. The average molecular weight is 546 g/mol. The smallest absolute Gasteiger partial charge is 0.219 e. The van der Waals surface area contributed by atoms with E-state index in [0.717, 1.165) is 25.0 Å². The number of benzene rings is 1. The van der Waals surface area contributed by atoms with E-state index in [-0.39, 0.29) is 29.8 Å². The van der Waals surface area contributed by atoms with Crippen molar-refractivity contribution in [3.8, 4) is 11.6 Å². The molecule has 1 aromatic heterocycles. The molecule has 0 amide bonds. The van der Waals surface area contributed by atoms with Crippen LogP contribution >= 0.6 is 24.0 Å². The second-order valence-corrected chi connectivity index (χ2v) is 6.49. The standard InChI is InChI=1S/C22H31FN4O3.HI/c1-3-4-12-28-14-15-29-13-11-25-22(24-2)27-17-18-5-10-21(26-16-18)30-20-8-6-19(23)7-9-20;/h5-10,16H,3-4,11-15,17H2,1-2H3,(H2,24,25,27);1H. The normalized spacial score (nSPS) is 11.0. The van der Waals surface area contributed by atoms with Crippen LogP contribution in [0.2, 0.25) is 0 Å². The highest BCUT2D eigenvalue weighted by Crippen LogP contribution is 2.19. The Bertz CT molecular complexity index is 745. The Balaban J connectivity index is 0.00000480. The van der Waals surface area contributed by atoms with Crippen molar-refractivity contribution >= 4 is 29.9 Å². The van der Waals surface area contributed by atoms with E-state index >= 15 is 0 Å². The van der Waals surface area contributed by atoms with Gasteiger partial charge in [0.15, 0.2) is 5.96 Å². The van der Waals surface area contributed by atoms with Gasteiger partial charge in [-0.3, -0.25) is 4.99 Å². The van der Waals surface area contributed by atoms with Crippen molar-refractivity contribution in [2.45, 2.75) is 26.3 Å². The maximum atomic E-state index is 12.9. The zero-order chi connectivity index (χ0) is 21.4. The Kier molecular flexibility index (Phi) is 14.6. The number of guanidine groups is 1. The maximum Gasteiger partial charge on any atom is 0.219 e. The highest BCUT2D eigenvalue weighted by Gasteiger charge is 2.02. The molecular weight excluding hydrogens is 514 g/mol. The van der Waals surface area contributed by atoms with E-state index in [1.165, 1.54) is 12.1 Å². The number of unbranched alkanes of at least 4 members (excludes halogenated alkanes) is 1. The lowest BCUT2D eigenvalue weighted by Crippen LogP contribution is -2.38. The van der Waals surface area contributed by atoms with Crippen LogP contribution in [0.1, 0.15) is 25.3 Å². The summed E-state index contributed by atoms with van der Waals surface area (Å²) in [5.74, 6) is 1.36. The lowest BCUT2D eigenvalue weighted by atomic mass is 10.3. The number of hydrogen-bond acceptors (Lipinski definition) is 5. The second-order valence-electron chi connectivity index (χ2n) is 6.49. The fourth-order valence-electron chi connectivity index (χ4n) is 2.42. The first kappa shape index (κ1) is 27.1. The highest BCUT2D eigenvalue weighted by atomic mass is 127. The number of halogens is 2. The first-order valence-corrected chi connectivity index (χ1v) is 10.2. The van der Waals surface area contributed by atoms with Gasteiger partial charge in [0.1, 0.15) is 11.6 Å². The van der Waals surface area contributed by atoms with Gasteiger partial charge in [-0.2, -0.15) is 0 Å². The number of pyridine rings is 1. The minimum Gasteiger partial charge on any atom is -0.439 e. The second kappa shape index (κ2) is 16.7. The van der Waals surface area contributed by atoms with Crippen LogP contribution < -0.4 is 15.4 Å². The number of nitrogens with one attached hydrogen (secondary N) is 2. The molecule has 1 aromatic carbocycles. The van der Waals surface area contributed by atoms with Gasteiger partial charge in [-0.15, -0.1) is 24.0 Å². The van der Waals surface area contributed by atoms with Crippen LogP contribution in [0.4, 0.5) is 4.39 Å². The van der Waals surface area contributed by atoms with E-state index in [9.17, 15) is 4.39 Å².